The van der Waals surface area contributed by atoms with Gasteiger partial charge in [-0.3, -0.25) is 4.99 Å². The van der Waals surface area contributed by atoms with Gasteiger partial charge in [-0.25, -0.2) is 0 Å². The van der Waals surface area contributed by atoms with Crippen molar-refractivity contribution in [3.05, 3.63) is 95.6 Å². The summed E-state index contributed by atoms with van der Waals surface area (Å²) in [5, 5.41) is 4.55. The lowest BCUT2D eigenvalue weighted by molar-refractivity contribution is 0.379. The van der Waals surface area contributed by atoms with Crippen LogP contribution in [0.1, 0.15) is 37.3 Å². The molecule has 1 atom stereocenters. The molecular weight excluding hydrogens is 410 g/mol. The predicted molar refractivity (Wildman–Crippen MR) is 139 cm³/mol. The maximum atomic E-state index is 5.59. The van der Waals surface area contributed by atoms with E-state index >= 15 is 0 Å². The molecule has 2 nitrogen and oxygen atoms in total. The summed E-state index contributed by atoms with van der Waals surface area (Å²) in [6, 6.07) is 23.2. The average Bonchev–Trinajstić information content (AvgIpc) is 3.28. The van der Waals surface area contributed by atoms with E-state index in [1.54, 1.807) is 11.1 Å². The number of fused-ring (bicyclic) bond motifs is 4. The Morgan fingerprint density at radius 3 is 2.62 bits per heavy atom. The summed E-state index contributed by atoms with van der Waals surface area (Å²) >= 11 is 1.81. The van der Waals surface area contributed by atoms with E-state index in [0.29, 0.717) is 11.9 Å². The number of aliphatic imine (C=N–C) groups is 1. The van der Waals surface area contributed by atoms with Gasteiger partial charge in [0.25, 0.3) is 0 Å². The summed E-state index contributed by atoms with van der Waals surface area (Å²) in [5.74, 6) is 0.912. The highest BCUT2D eigenvalue weighted by Gasteiger charge is 2.20. The Morgan fingerprint density at radius 1 is 0.938 bits per heavy atom. The van der Waals surface area contributed by atoms with Crippen LogP contribution in [0, 0.1) is 0 Å². The summed E-state index contributed by atoms with van der Waals surface area (Å²) in [5.41, 5.74) is 6.21. The Labute approximate surface area is 195 Å². The van der Waals surface area contributed by atoms with Crippen LogP contribution in [-0.4, -0.2) is 23.4 Å². The van der Waals surface area contributed by atoms with E-state index in [9.17, 15) is 0 Å². The molecule has 0 radical (unpaired) electrons. The number of ether oxygens (including phenoxy) is 1. The topological polar surface area (TPSA) is 21.6 Å². The van der Waals surface area contributed by atoms with Crippen molar-refractivity contribution in [3.63, 3.8) is 0 Å². The number of allylic oxidation sites excluding steroid dienone is 4. The zero-order chi connectivity index (χ0) is 21.8. The highest BCUT2D eigenvalue weighted by molar-refractivity contribution is 8.14. The number of thioether (sulfide) groups is 1. The van der Waals surface area contributed by atoms with Gasteiger partial charge in [0.2, 0.25) is 0 Å². The molecule has 3 aromatic carbocycles. The number of aryl methyl sites for hydroxylation is 1. The molecule has 32 heavy (non-hydrogen) atoms. The van der Waals surface area contributed by atoms with Crippen molar-refractivity contribution in [2.24, 2.45) is 4.99 Å². The molecule has 2 aliphatic carbocycles. The van der Waals surface area contributed by atoms with Gasteiger partial charge in [-0.2, -0.15) is 0 Å². The van der Waals surface area contributed by atoms with Crippen molar-refractivity contribution in [2.45, 2.75) is 37.9 Å². The average molecular weight is 440 g/mol. The Hall–Kier alpha value is -2.78. The molecule has 0 N–H and O–H groups in total. The van der Waals surface area contributed by atoms with Crippen molar-refractivity contribution < 1.29 is 4.74 Å². The Morgan fingerprint density at radius 2 is 1.78 bits per heavy atom. The highest BCUT2D eigenvalue weighted by Crippen LogP contribution is 2.39. The monoisotopic (exact) mass is 439 g/mol. The van der Waals surface area contributed by atoms with Gasteiger partial charge in [0.1, 0.15) is 17.4 Å². The Bertz CT molecular complexity index is 1190. The van der Waals surface area contributed by atoms with E-state index in [0.717, 1.165) is 17.3 Å². The van der Waals surface area contributed by atoms with Crippen LogP contribution in [0.3, 0.4) is 0 Å². The van der Waals surface area contributed by atoms with Gasteiger partial charge in [0.15, 0.2) is 0 Å². The maximum absolute atomic E-state index is 5.59. The minimum atomic E-state index is 0.610. The van der Waals surface area contributed by atoms with Crippen molar-refractivity contribution >= 4 is 33.2 Å². The summed E-state index contributed by atoms with van der Waals surface area (Å²) in [7, 11) is 0. The van der Waals surface area contributed by atoms with E-state index in [2.05, 4.69) is 60.5 Å². The lowest BCUT2D eigenvalue weighted by Crippen LogP contribution is -2.06. The van der Waals surface area contributed by atoms with E-state index < -0.39 is 0 Å². The van der Waals surface area contributed by atoms with Crippen molar-refractivity contribution in [3.8, 4) is 5.75 Å². The number of rotatable bonds is 3. The van der Waals surface area contributed by atoms with Crippen molar-refractivity contribution in [2.75, 3.05) is 13.2 Å². The summed E-state index contributed by atoms with van der Waals surface area (Å²) in [6.45, 7) is 3.72. The van der Waals surface area contributed by atoms with Gasteiger partial charge in [-0.05, 0) is 65.3 Å². The van der Waals surface area contributed by atoms with Crippen LogP contribution in [0.15, 0.2) is 89.4 Å². The minimum Gasteiger partial charge on any atom is -0.487 e. The first kappa shape index (κ1) is 21.1. The van der Waals surface area contributed by atoms with Gasteiger partial charge in [0, 0.05) is 5.25 Å². The van der Waals surface area contributed by atoms with E-state index in [4.69, 9.17) is 4.74 Å². The second-order valence-electron chi connectivity index (χ2n) is 8.54. The first-order chi connectivity index (χ1) is 15.8. The standard InChI is InChI=1S/C18H16.C11H13NOS/c1-3-7-15-13(5-1)9-11-18-16-8-4-2-6-14(16)10-12-17(15)18;1-9-7-12-11(14-9)8-13-10-5-3-2-4-6-10/h1,3-5,7-9,11H,2,6,10,12H2;2-6,9H,7-8H2,1H3. The smallest absolute Gasteiger partial charge is 0.136 e. The summed E-state index contributed by atoms with van der Waals surface area (Å²) in [4.78, 5) is 4.39. The Balaban J connectivity index is 0.000000140. The molecule has 0 saturated carbocycles. The fraction of sp³-hybridized carbons (Fsp3) is 0.276. The van der Waals surface area contributed by atoms with E-state index in [1.165, 1.54) is 47.6 Å². The summed E-state index contributed by atoms with van der Waals surface area (Å²) < 4.78 is 5.59. The molecule has 6 rings (SSSR count). The van der Waals surface area contributed by atoms with Crippen LogP contribution in [0.25, 0.3) is 16.3 Å². The normalized spacial score (nSPS) is 19.0. The lowest BCUT2D eigenvalue weighted by atomic mass is 9.80. The first-order valence-electron chi connectivity index (χ1n) is 11.6. The molecule has 3 heteroatoms. The second-order valence-corrected chi connectivity index (χ2v) is 10.0. The molecule has 1 unspecified atom stereocenters. The molecule has 0 spiro atoms. The van der Waals surface area contributed by atoms with Crippen LogP contribution in [0.4, 0.5) is 0 Å². The predicted octanol–water partition coefficient (Wildman–Crippen LogP) is 7.49. The third-order valence-electron chi connectivity index (χ3n) is 6.25. The zero-order valence-corrected chi connectivity index (χ0v) is 19.4. The van der Waals surface area contributed by atoms with Gasteiger partial charge in [-0.15, -0.1) is 11.8 Å². The number of hydrogen-bond donors (Lipinski definition) is 0. The van der Waals surface area contributed by atoms with E-state index in [1.807, 2.05) is 42.1 Å². The lowest BCUT2D eigenvalue weighted by Gasteiger charge is -2.25. The van der Waals surface area contributed by atoms with Crippen LogP contribution >= 0.6 is 11.8 Å². The molecule has 1 aliphatic heterocycles. The highest BCUT2D eigenvalue weighted by atomic mass is 32.2. The molecule has 0 fully saturated rings. The SMILES string of the molecule is C1=CC2=C(CC1)CCc1c2ccc2ccccc12.CC1CN=C(COc2ccccc2)S1. The molecule has 0 amide bonds. The van der Waals surface area contributed by atoms with Gasteiger partial charge < -0.3 is 4.74 Å². The summed E-state index contributed by atoms with van der Waals surface area (Å²) in [6.07, 6.45) is 9.61. The largest absolute Gasteiger partial charge is 0.487 e. The molecule has 3 aliphatic rings. The van der Waals surface area contributed by atoms with Crippen LogP contribution < -0.4 is 4.74 Å². The van der Waals surface area contributed by atoms with Gasteiger partial charge in [0.05, 0.1) is 6.54 Å². The van der Waals surface area contributed by atoms with Crippen LogP contribution in [0.5, 0.6) is 5.75 Å². The number of para-hydroxylation sites is 1. The maximum Gasteiger partial charge on any atom is 0.136 e. The molecule has 162 valence electrons. The molecule has 0 saturated heterocycles. The van der Waals surface area contributed by atoms with Crippen LogP contribution in [0.2, 0.25) is 0 Å². The van der Waals surface area contributed by atoms with Crippen molar-refractivity contribution in [1.82, 2.24) is 0 Å². The first-order valence-corrected chi connectivity index (χ1v) is 12.4. The molecule has 1 heterocycles. The second kappa shape index (κ2) is 9.79. The van der Waals surface area contributed by atoms with Gasteiger partial charge in [-0.1, -0.05) is 79.2 Å². The fourth-order valence-corrected chi connectivity index (χ4v) is 5.55. The van der Waals surface area contributed by atoms with E-state index in [-0.39, 0.29) is 0 Å². The third-order valence-corrected chi connectivity index (χ3v) is 7.32. The minimum absolute atomic E-state index is 0.610. The van der Waals surface area contributed by atoms with Crippen LogP contribution in [-0.2, 0) is 6.42 Å². The molecule has 0 bridgehead atoms. The van der Waals surface area contributed by atoms with Crippen molar-refractivity contribution in [1.29, 1.82) is 0 Å². The number of benzene rings is 3. The molecule has 0 aromatic heterocycles. The zero-order valence-electron chi connectivity index (χ0n) is 18.6. The van der Waals surface area contributed by atoms with Gasteiger partial charge >= 0.3 is 0 Å². The molecular formula is C29H29NOS. The quantitative estimate of drug-likeness (QED) is 0.422. The third kappa shape index (κ3) is 4.68. The molecule has 3 aromatic rings. The fourth-order valence-electron chi connectivity index (χ4n) is 4.66. The number of nitrogens with zero attached hydrogens (tertiary/aromatic N) is 1. The number of hydrogen-bond acceptors (Lipinski definition) is 3. The Kier molecular flexibility index (Phi) is 6.45.